The second-order valence-electron chi connectivity index (χ2n) is 7.16. The van der Waals surface area contributed by atoms with E-state index in [0.717, 1.165) is 22.2 Å². The molecule has 2 unspecified atom stereocenters. The normalized spacial score (nSPS) is 13.2. The van der Waals surface area contributed by atoms with E-state index >= 15 is 0 Å². The van der Waals surface area contributed by atoms with Crippen LogP contribution in [0.1, 0.15) is 42.0 Å². The van der Waals surface area contributed by atoms with E-state index in [2.05, 4.69) is 34.6 Å². The molecular weight excluding hydrogens is 344 g/mol. The molecule has 1 heterocycles. The number of carbonyl (C=O) groups is 1. The number of para-hydroxylation sites is 1. The number of fused-ring (bicyclic) bond motifs is 1. The molecule has 0 saturated heterocycles. The van der Waals surface area contributed by atoms with Gasteiger partial charge in [0.25, 0.3) is 0 Å². The third-order valence-electron chi connectivity index (χ3n) is 5.27. The standard InChI is InChI=1S/C25H24N2O/c1-18(19-10-4-2-5-11-19)27-25(28)16-22(20-12-6-3-7-13-20)23-17-26-24-15-9-8-14-21(23)24/h2-15,17-18,22,26H,16H2,1H3,(H,27,28). The van der Waals surface area contributed by atoms with Crippen molar-refractivity contribution in [1.29, 1.82) is 0 Å². The number of aromatic nitrogens is 1. The lowest BCUT2D eigenvalue weighted by molar-refractivity contribution is -0.121. The molecule has 2 atom stereocenters. The molecule has 0 spiro atoms. The van der Waals surface area contributed by atoms with Gasteiger partial charge in [0.1, 0.15) is 0 Å². The molecule has 0 aliphatic carbocycles. The summed E-state index contributed by atoms with van der Waals surface area (Å²) >= 11 is 0. The molecule has 0 aliphatic rings. The maximum atomic E-state index is 12.9. The summed E-state index contributed by atoms with van der Waals surface area (Å²) in [5, 5.41) is 4.32. The fraction of sp³-hybridized carbons (Fsp3) is 0.160. The Bertz CT molecular complexity index is 1050. The van der Waals surface area contributed by atoms with Crippen molar-refractivity contribution in [2.24, 2.45) is 0 Å². The van der Waals surface area contributed by atoms with Crippen LogP contribution in [0.5, 0.6) is 0 Å². The summed E-state index contributed by atoms with van der Waals surface area (Å²) in [5.41, 5.74) is 4.51. The Hall–Kier alpha value is -3.33. The predicted molar refractivity (Wildman–Crippen MR) is 114 cm³/mol. The van der Waals surface area contributed by atoms with Crippen LogP contribution in [0.25, 0.3) is 10.9 Å². The molecule has 3 heteroatoms. The van der Waals surface area contributed by atoms with E-state index in [1.165, 1.54) is 5.39 Å². The number of hydrogen-bond acceptors (Lipinski definition) is 1. The quantitative estimate of drug-likeness (QED) is 0.459. The lowest BCUT2D eigenvalue weighted by Gasteiger charge is -2.20. The first-order chi connectivity index (χ1) is 13.7. The largest absolute Gasteiger partial charge is 0.361 e. The van der Waals surface area contributed by atoms with Crippen molar-refractivity contribution in [1.82, 2.24) is 10.3 Å². The minimum Gasteiger partial charge on any atom is -0.361 e. The average Bonchev–Trinajstić information content (AvgIpc) is 3.17. The molecule has 0 bridgehead atoms. The summed E-state index contributed by atoms with van der Waals surface area (Å²) in [6, 6.07) is 28.5. The van der Waals surface area contributed by atoms with Gasteiger partial charge in [-0.2, -0.15) is 0 Å². The van der Waals surface area contributed by atoms with E-state index in [0.29, 0.717) is 6.42 Å². The van der Waals surface area contributed by atoms with Crippen LogP contribution in [0.3, 0.4) is 0 Å². The van der Waals surface area contributed by atoms with Crippen LogP contribution in [0, 0.1) is 0 Å². The molecule has 0 saturated carbocycles. The fourth-order valence-electron chi connectivity index (χ4n) is 3.79. The molecule has 0 aliphatic heterocycles. The van der Waals surface area contributed by atoms with Crippen LogP contribution in [0.2, 0.25) is 0 Å². The number of carbonyl (C=O) groups excluding carboxylic acids is 1. The van der Waals surface area contributed by atoms with Gasteiger partial charge in [-0.15, -0.1) is 0 Å². The minimum absolute atomic E-state index is 0.000299. The third-order valence-corrected chi connectivity index (χ3v) is 5.27. The molecule has 1 amide bonds. The van der Waals surface area contributed by atoms with Crippen LogP contribution in [-0.2, 0) is 4.79 Å². The van der Waals surface area contributed by atoms with Gasteiger partial charge in [-0.25, -0.2) is 0 Å². The van der Waals surface area contributed by atoms with E-state index in [-0.39, 0.29) is 17.9 Å². The van der Waals surface area contributed by atoms with Crippen LogP contribution < -0.4 is 5.32 Å². The number of amides is 1. The van der Waals surface area contributed by atoms with Crippen molar-refractivity contribution in [2.75, 3.05) is 0 Å². The first-order valence-electron chi connectivity index (χ1n) is 9.67. The second-order valence-corrected chi connectivity index (χ2v) is 7.16. The lowest BCUT2D eigenvalue weighted by Crippen LogP contribution is -2.28. The molecule has 3 aromatic carbocycles. The van der Waals surface area contributed by atoms with E-state index in [1.54, 1.807) is 0 Å². The smallest absolute Gasteiger partial charge is 0.221 e. The summed E-state index contributed by atoms with van der Waals surface area (Å²) in [6.45, 7) is 2.02. The Kier molecular flexibility index (Phi) is 5.24. The molecular formula is C25H24N2O. The summed E-state index contributed by atoms with van der Waals surface area (Å²) < 4.78 is 0. The molecule has 4 rings (SSSR count). The number of hydrogen-bond donors (Lipinski definition) is 2. The zero-order valence-electron chi connectivity index (χ0n) is 15.9. The number of aromatic amines is 1. The zero-order chi connectivity index (χ0) is 19.3. The number of H-pyrrole nitrogens is 1. The summed E-state index contributed by atoms with van der Waals surface area (Å²) in [6.07, 6.45) is 2.44. The van der Waals surface area contributed by atoms with E-state index in [1.807, 2.05) is 73.8 Å². The maximum absolute atomic E-state index is 12.9. The van der Waals surface area contributed by atoms with Crippen LogP contribution in [0.15, 0.2) is 91.1 Å². The van der Waals surface area contributed by atoms with Crippen LogP contribution in [-0.4, -0.2) is 10.9 Å². The Balaban J connectivity index is 1.61. The highest BCUT2D eigenvalue weighted by Crippen LogP contribution is 2.33. The lowest BCUT2D eigenvalue weighted by atomic mass is 9.88. The molecule has 3 nitrogen and oxygen atoms in total. The van der Waals surface area contributed by atoms with Crippen LogP contribution >= 0.6 is 0 Å². The molecule has 4 aromatic rings. The van der Waals surface area contributed by atoms with Gasteiger partial charge in [0.15, 0.2) is 0 Å². The molecule has 0 radical (unpaired) electrons. The zero-order valence-corrected chi connectivity index (χ0v) is 15.9. The molecule has 1 aromatic heterocycles. The van der Waals surface area contributed by atoms with Gasteiger partial charge in [0, 0.05) is 29.4 Å². The Morgan fingerprint density at radius 1 is 0.857 bits per heavy atom. The van der Waals surface area contributed by atoms with E-state index in [4.69, 9.17) is 0 Å². The van der Waals surface area contributed by atoms with Gasteiger partial charge in [-0.1, -0.05) is 78.9 Å². The average molecular weight is 368 g/mol. The molecule has 2 N–H and O–H groups in total. The highest BCUT2D eigenvalue weighted by atomic mass is 16.1. The van der Waals surface area contributed by atoms with E-state index < -0.39 is 0 Å². The number of nitrogens with one attached hydrogen (secondary N) is 2. The van der Waals surface area contributed by atoms with Gasteiger partial charge < -0.3 is 10.3 Å². The predicted octanol–water partition coefficient (Wildman–Crippen LogP) is 5.57. The Morgan fingerprint density at radius 2 is 1.46 bits per heavy atom. The third kappa shape index (κ3) is 3.84. The Labute approximate surface area is 165 Å². The Morgan fingerprint density at radius 3 is 2.18 bits per heavy atom. The van der Waals surface area contributed by atoms with Crippen molar-refractivity contribution >= 4 is 16.8 Å². The highest BCUT2D eigenvalue weighted by molar-refractivity contribution is 5.86. The van der Waals surface area contributed by atoms with Gasteiger partial charge in [0.2, 0.25) is 5.91 Å². The fourth-order valence-corrected chi connectivity index (χ4v) is 3.79. The monoisotopic (exact) mass is 368 g/mol. The van der Waals surface area contributed by atoms with Crippen molar-refractivity contribution in [2.45, 2.75) is 25.3 Å². The highest BCUT2D eigenvalue weighted by Gasteiger charge is 2.22. The second kappa shape index (κ2) is 8.13. The van der Waals surface area contributed by atoms with Gasteiger partial charge in [-0.3, -0.25) is 4.79 Å². The first-order valence-corrected chi connectivity index (χ1v) is 9.67. The summed E-state index contributed by atoms with van der Waals surface area (Å²) in [7, 11) is 0. The SMILES string of the molecule is CC(NC(=O)CC(c1ccccc1)c1c[nH]c2ccccc12)c1ccccc1. The van der Waals surface area contributed by atoms with Gasteiger partial charge in [-0.05, 0) is 29.7 Å². The topological polar surface area (TPSA) is 44.9 Å². The maximum Gasteiger partial charge on any atom is 0.221 e. The summed E-state index contributed by atoms with van der Waals surface area (Å²) in [4.78, 5) is 16.3. The van der Waals surface area contributed by atoms with Gasteiger partial charge >= 0.3 is 0 Å². The minimum atomic E-state index is -0.0203. The van der Waals surface area contributed by atoms with Crippen molar-refractivity contribution in [3.63, 3.8) is 0 Å². The van der Waals surface area contributed by atoms with Crippen molar-refractivity contribution in [3.8, 4) is 0 Å². The van der Waals surface area contributed by atoms with Crippen LogP contribution in [0.4, 0.5) is 0 Å². The molecule has 140 valence electrons. The first kappa shape index (κ1) is 18.1. The number of benzene rings is 3. The van der Waals surface area contributed by atoms with Crippen molar-refractivity contribution in [3.05, 3.63) is 108 Å². The molecule has 28 heavy (non-hydrogen) atoms. The molecule has 0 fully saturated rings. The van der Waals surface area contributed by atoms with E-state index in [9.17, 15) is 4.79 Å². The summed E-state index contributed by atoms with van der Waals surface area (Å²) in [5.74, 6) is 0.0517. The van der Waals surface area contributed by atoms with Gasteiger partial charge in [0.05, 0.1) is 6.04 Å². The number of rotatable bonds is 6. The van der Waals surface area contributed by atoms with Crippen molar-refractivity contribution < 1.29 is 4.79 Å².